The van der Waals surface area contributed by atoms with Gasteiger partial charge in [0.2, 0.25) is 5.91 Å². The number of amides is 1. The molecule has 43 heavy (non-hydrogen) atoms. The zero-order valence-electron chi connectivity index (χ0n) is 23.1. The van der Waals surface area contributed by atoms with Gasteiger partial charge in [0.25, 0.3) is 0 Å². The highest BCUT2D eigenvalue weighted by atomic mass is 19.4. The SMILES string of the molecule is CN(C)CCN(Cc1ccccc1)C(=O)[C@H](N)Cc1ccc(-c2cn[nH]c2)cc1.O=C(O)C(F)(F)F.O=C(O)C(F)(F)F. The fourth-order valence-corrected chi connectivity index (χ4v) is 3.21. The topological polar surface area (TPSA) is 153 Å². The standard InChI is InChI=1S/C23H29N5O.2C2HF3O2/c1-27(2)12-13-28(17-19-6-4-3-5-7-19)23(29)22(24)14-18-8-10-20(11-9-18)21-15-25-26-16-21;2*3-2(4,5)1(6)7/h3-11,15-16,22H,12-14,17,24H2,1-2H3,(H,25,26);2*(H,6,7)/t22-;;/m1../s1. The molecule has 0 bridgehead atoms. The second-order valence-electron chi connectivity index (χ2n) is 9.15. The lowest BCUT2D eigenvalue weighted by atomic mass is 10.0. The van der Waals surface area contributed by atoms with E-state index < -0.39 is 30.3 Å². The molecule has 0 spiro atoms. The molecular formula is C27H31F6N5O5. The van der Waals surface area contributed by atoms with Crippen LogP contribution in [0.25, 0.3) is 11.1 Å². The molecule has 0 aliphatic heterocycles. The van der Waals surface area contributed by atoms with Crippen molar-refractivity contribution >= 4 is 17.8 Å². The molecule has 16 heteroatoms. The second-order valence-corrected chi connectivity index (χ2v) is 9.15. The Morgan fingerprint density at radius 1 is 0.837 bits per heavy atom. The second kappa shape index (κ2) is 16.9. The number of carboxylic acids is 2. The number of benzene rings is 2. The van der Waals surface area contributed by atoms with E-state index in [-0.39, 0.29) is 5.91 Å². The van der Waals surface area contributed by atoms with Gasteiger partial charge in [0, 0.05) is 31.4 Å². The third-order valence-electron chi connectivity index (χ3n) is 5.39. The highest BCUT2D eigenvalue weighted by Crippen LogP contribution is 2.19. The lowest BCUT2D eigenvalue weighted by Crippen LogP contribution is -2.46. The number of carbonyl (C=O) groups excluding carboxylic acids is 1. The molecule has 0 saturated heterocycles. The number of rotatable bonds is 9. The highest BCUT2D eigenvalue weighted by molar-refractivity contribution is 5.82. The first-order chi connectivity index (χ1) is 19.9. The Balaban J connectivity index is 0.000000548. The summed E-state index contributed by atoms with van der Waals surface area (Å²) >= 11 is 0. The number of nitrogens with zero attached hydrogens (tertiary/aromatic N) is 3. The van der Waals surface area contributed by atoms with Gasteiger partial charge < -0.3 is 25.7 Å². The molecule has 1 aromatic heterocycles. The van der Waals surface area contributed by atoms with Crippen LogP contribution in [0.1, 0.15) is 11.1 Å². The minimum atomic E-state index is -5.08. The van der Waals surface area contributed by atoms with Gasteiger partial charge in [0.15, 0.2) is 0 Å². The van der Waals surface area contributed by atoms with Crippen molar-refractivity contribution in [2.75, 3.05) is 27.2 Å². The van der Waals surface area contributed by atoms with E-state index in [1.165, 1.54) is 0 Å². The van der Waals surface area contributed by atoms with Gasteiger partial charge in [-0.25, -0.2) is 9.59 Å². The maximum atomic E-state index is 13.1. The van der Waals surface area contributed by atoms with E-state index in [4.69, 9.17) is 25.5 Å². The summed E-state index contributed by atoms with van der Waals surface area (Å²) in [6.45, 7) is 2.01. The average molecular weight is 620 g/mol. The number of halogens is 6. The number of hydrogen-bond acceptors (Lipinski definition) is 6. The first-order valence-electron chi connectivity index (χ1n) is 12.3. The number of aromatic amines is 1. The number of nitrogens with one attached hydrogen (secondary N) is 1. The Labute approximate surface area is 242 Å². The zero-order chi connectivity index (χ0) is 32.8. The van der Waals surface area contributed by atoms with E-state index in [0.717, 1.165) is 28.8 Å². The maximum absolute atomic E-state index is 13.1. The lowest BCUT2D eigenvalue weighted by Gasteiger charge is -2.27. The smallest absolute Gasteiger partial charge is 0.475 e. The number of carboxylic acid groups (broad SMARTS) is 2. The summed E-state index contributed by atoms with van der Waals surface area (Å²) in [4.78, 5) is 34.8. The molecule has 236 valence electrons. The fourth-order valence-electron chi connectivity index (χ4n) is 3.21. The normalized spacial score (nSPS) is 11.9. The molecule has 1 atom stereocenters. The van der Waals surface area contributed by atoms with E-state index in [2.05, 4.69) is 15.1 Å². The number of aromatic nitrogens is 2. The first-order valence-corrected chi connectivity index (χ1v) is 12.3. The molecule has 0 aliphatic carbocycles. The van der Waals surface area contributed by atoms with Crippen molar-refractivity contribution in [3.63, 3.8) is 0 Å². The molecular weight excluding hydrogens is 588 g/mol. The Bertz CT molecular complexity index is 1240. The molecule has 3 aromatic rings. The Hall–Kier alpha value is -4.44. The van der Waals surface area contributed by atoms with Gasteiger partial charge in [-0.3, -0.25) is 9.89 Å². The number of carbonyl (C=O) groups is 3. The van der Waals surface area contributed by atoms with Crippen molar-refractivity contribution in [1.29, 1.82) is 0 Å². The van der Waals surface area contributed by atoms with Crippen LogP contribution in [0.2, 0.25) is 0 Å². The van der Waals surface area contributed by atoms with Crippen LogP contribution in [0.4, 0.5) is 26.3 Å². The van der Waals surface area contributed by atoms with Crippen LogP contribution in [-0.2, 0) is 27.3 Å². The number of H-pyrrole nitrogens is 1. The number of aliphatic carboxylic acids is 2. The molecule has 0 fully saturated rings. The summed E-state index contributed by atoms with van der Waals surface area (Å²) in [5, 5.41) is 21.0. The number of likely N-dealkylation sites (N-methyl/N-ethyl adjacent to an activating group) is 1. The predicted octanol–water partition coefficient (Wildman–Crippen LogP) is 3.80. The molecule has 1 amide bonds. The van der Waals surface area contributed by atoms with Crippen LogP contribution in [-0.4, -0.2) is 93.6 Å². The van der Waals surface area contributed by atoms with Crippen molar-refractivity contribution in [2.24, 2.45) is 5.73 Å². The highest BCUT2D eigenvalue weighted by Gasteiger charge is 2.38. The third kappa shape index (κ3) is 14.3. The van der Waals surface area contributed by atoms with E-state index in [1.807, 2.05) is 79.8 Å². The van der Waals surface area contributed by atoms with Crippen LogP contribution < -0.4 is 5.73 Å². The molecule has 0 radical (unpaired) electrons. The Morgan fingerprint density at radius 3 is 1.77 bits per heavy atom. The van der Waals surface area contributed by atoms with Crippen LogP contribution in [0.5, 0.6) is 0 Å². The van der Waals surface area contributed by atoms with Crippen LogP contribution >= 0.6 is 0 Å². The van der Waals surface area contributed by atoms with E-state index >= 15 is 0 Å². The molecule has 2 aromatic carbocycles. The Kier molecular flexibility index (Phi) is 14.3. The van der Waals surface area contributed by atoms with Crippen LogP contribution in [0.3, 0.4) is 0 Å². The summed E-state index contributed by atoms with van der Waals surface area (Å²) in [5.41, 5.74) is 10.6. The molecule has 1 heterocycles. The summed E-state index contributed by atoms with van der Waals surface area (Å²) in [5.74, 6) is -5.53. The predicted molar refractivity (Wildman–Crippen MR) is 143 cm³/mol. The molecule has 3 rings (SSSR count). The van der Waals surface area contributed by atoms with Gasteiger partial charge in [-0.1, -0.05) is 54.6 Å². The average Bonchev–Trinajstić information content (AvgIpc) is 3.46. The van der Waals surface area contributed by atoms with Gasteiger partial charge in [-0.2, -0.15) is 31.4 Å². The number of hydrogen-bond donors (Lipinski definition) is 4. The molecule has 10 nitrogen and oxygen atoms in total. The first kappa shape index (κ1) is 36.6. The van der Waals surface area contributed by atoms with E-state index in [9.17, 15) is 31.1 Å². The summed E-state index contributed by atoms with van der Waals surface area (Å²) in [7, 11) is 4.01. The van der Waals surface area contributed by atoms with Crippen molar-refractivity contribution < 1.29 is 50.9 Å². The molecule has 0 unspecified atom stereocenters. The summed E-state index contributed by atoms with van der Waals surface area (Å²) in [6.07, 6.45) is -6.01. The van der Waals surface area contributed by atoms with Gasteiger partial charge in [0.1, 0.15) is 0 Å². The number of nitrogens with two attached hydrogens (primary N) is 1. The quantitative estimate of drug-likeness (QED) is 0.264. The van der Waals surface area contributed by atoms with Gasteiger partial charge in [-0.05, 0) is 37.2 Å². The van der Waals surface area contributed by atoms with Crippen LogP contribution in [0.15, 0.2) is 67.0 Å². The largest absolute Gasteiger partial charge is 0.490 e. The maximum Gasteiger partial charge on any atom is 0.490 e. The number of alkyl halides is 6. The minimum absolute atomic E-state index is 0.0189. The van der Waals surface area contributed by atoms with Crippen molar-refractivity contribution in [1.82, 2.24) is 20.0 Å². The molecule has 0 aliphatic rings. The van der Waals surface area contributed by atoms with Crippen LogP contribution in [0, 0.1) is 0 Å². The Morgan fingerprint density at radius 2 is 1.35 bits per heavy atom. The summed E-state index contributed by atoms with van der Waals surface area (Å²) in [6, 6.07) is 17.6. The fraction of sp³-hybridized carbons (Fsp3) is 0.333. The zero-order valence-corrected chi connectivity index (χ0v) is 23.1. The molecule has 0 saturated carbocycles. The lowest BCUT2D eigenvalue weighted by molar-refractivity contribution is -0.193. The van der Waals surface area contributed by atoms with Crippen molar-refractivity contribution in [3.8, 4) is 11.1 Å². The van der Waals surface area contributed by atoms with E-state index in [0.29, 0.717) is 19.5 Å². The van der Waals surface area contributed by atoms with Crippen molar-refractivity contribution in [2.45, 2.75) is 31.4 Å². The van der Waals surface area contributed by atoms with E-state index in [1.54, 1.807) is 6.20 Å². The monoisotopic (exact) mass is 619 g/mol. The minimum Gasteiger partial charge on any atom is -0.475 e. The van der Waals surface area contributed by atoms with Gasteiger partial charge >= 0.3 is 24.3 Å². The molecule has 5 N–H and O–H groups in total. The van der Waals surface area contributed by atoms with Crippen molar-refractivity contribution in [3.05, 3.63) is 78.1 Å². The van der Waals surface area contributed by atoms with Gasteiger partial charge in [-0.15, -0.1) is 0 Å². The van der Waals surface area contributed by atoms with Gasteiger partial charge in [0.05, 0.1) is 12.2 Å². The third-order valence-corrected chi connectivity index (χ3v) is 5.39. The summed E-state index contributed by atoms with van der Waals surface area (Å²) < 4.78 is 63.5.